The summed E-state index contributed by atoms with van der Waals surface area (Å²) in [5.41, 5.74) is 3.43. The molecule has 0 aliphatic carbocycles. The Hall–Kier alpha value is -2.82. The fraction of sp³-hybridized carbons (Fsp3) is 0.125. The molecule has 1 aromatic carbocycles. The van der Waals surface area contributed by atoms with Gasteiger partial charge in [-0.25, -0.2) is 9.97 Å². The minimum absolute atomic E-state index is 0.227. The van der Waals surface area contributed by atoms with Crippen LogP contribution in [0.2, 0.25) is 0 Å². The summed E-state index contributed by atoms with van der Waals surface area (Å²) in [7, 11) is 0. The van der Waals surface area contributed by atoms with Crippen LogP contribution in [-0.4, -0.2) is 20.9 Å². The summed E-state index contributed by atoms with van der Waals surface area (Å²) >= 11 is 0. The molecule has 0 fully saturated rings. The second kappa shape index (κ2) is 5.66. The lowest BCUT2D eigenvalue weighted by atomic mass is 10.2. The average Bonchev–Trinajstić information content (AvgIpc) is 2.53. The molecule has 0 bridgehead atoms. The molecule has 0 saturated heterocycles. The predicted molar refractivity (Wildman–Crippen MR) is 79.7 cm³/mol. The van der Waals surface area contributed by atoms with Gasteiger partial charge in [0.15, 0.2) is 0 Å². The van der Waals surface area contributed by atoms with Crippen molar-refractivity contribution in [2.75, 3.05) is 0 Å². The molecular weight excluding hydrogens is 264 g/mol. The van der Waals surface area contributed by atoms with E-state index in [1.807, 2.05) is 36.4 Å². The summed E-state index contributed by atoms with van der Waals surface area (Å²) in [6.45, 7) is 2.21. The molecule has 1 amide bonds. The Kier molecular flexibility index (Phi) is 3.55. The summed E-state index contributed by atoms with van der Waals surface area (Å²) in [6, 6.07) is 11.3. The van der Waals surface area contributed by atoms with E-state index in [4.69, 9.17) is 0 Å². The highest BCUT2D eigenvalue weighted by Crippen LogP contribution is 2.12. The number of aryl methyl sites for hydroxylation is 1. The number of pyridine rings is 1. The lowest BCUT2D eigenvalue weighted by Gasteiger charge is -2.07. The molecule has 2 aromatic heterocycles. The van der Waals surface area contributed by atoms with Gasteiger partial charge in [-0.15, -0.1) is 0 Å². The van der Waals surface area contributed by atoms with Crippen molar-refractivity contribution < 1.29 is 4.79 Å². The summed E-state index contributed by atoms with van der Waals surface area (Å²) in [5.74, 6) is -0.227. The zero-order valence-electron chi connectivity index (χ0n) is 11.6. The van der Waals surface area contributed by atoms with E-state index in [-0.39, 0.29) is 5.91 Å². The van der Waals surface area contributed by atoms with Gasteiger partial charge in [0.2, 0.25) is 0 Å². The fourth-order valence-corrected chi connectivity index (χ4v) is 2.07. The molecular formula is C16H14N4O. The van der Waals surface area contributed by atoms with E-state index in [1.54, 1.807) is 19.3 Å². The molecule has 5 heteroatoms. The summed E-state index contributed by atoms with van der Waals surface area (Å²) in [6.07, 6.45) is 3.42. The molecule has 0 atom stereocenters. The molecule has 0 unspecified atom stereocenters. The minimum atomic E-state index is -0.227. The number of nitrogens with zero attached hydrogens (tertiary/aromatic N) is 3. The third-order valence-electron chi connectivity index (χ3n) is 3.14. The van der Waals surface area contributed by atoms with E-state index < -0.39 is 0 Å². The first kappa shape index (κ1) is 13.2. The van der Waals surface area contributed by atoms with Crippen LogP contribution >= 0.6 is 0 Å². The number of hydrogen-bond acceptors (Lipinski definition) is 4. The minimum Gasteiger partial charge on any atom is -0.347 e. The van der Waals surface area contributed by atoms with Gasteiger partial charge in [-0.1, -0.05) is 18.2 Å². The van der Waals surface area contributed by atoms with Gasteiger partial charge < -0.3 is 5.32 Å². The molecule has 3 aromatic rings. The Morgan fingerprint density at radius 1 is 1.10 bits per heavy atom. The highest BCUT2D eigenvalue weighted by molar-refractivity contribution is 5.95. The van der Waals surface area contributed by atoms with Crippen molar-refractivity contribution in [2.45, 2.75) is 13.5 Å². The van der Waals surface area contributed by atoms with Gasteiger partial charge in [0.25, 0.3) is 5.91 Å². The highest BCUT2D eigenvalue weighted by Gasteiger charge is 2.13. The Morgan fingerprint density at radius 3 is 2.57 bits per heavy atom. The molecule has 104 valence electrons. The second-order valence-electron chi connectivity index (χ2n) is 4.69. The molecule has 0 radical (unpaired) electrons. The summed E-state index contributed by atoms with van der Waals surface area (Å²) < 4.78 is 0. The van der Waals surface area contributed by atoms with Crippen LogP contribution in [0.1, 0.15) is 21.7 Å². The fourth-order valence-electron chi connectivity index (χ4n) is 2.07. The summed E-state index contributed by atoms with van der Waals surface area (Å²) in [4.78, 5) is 25.1. The largest absolute Gasteiger partial charge is 0.347 e. The summed E-state index contributed by atoms with van der Waals surface area (Å²) in [5, 5.41) is 2.84. The van der Waals surface area contributed by atoms with Gasteiger partial charge in [-0.05, 0) is 30.7 Å². The van der Waals surface area contributed by atoms with Crippen LogP contribution in [0.25, 0.3) is 11.0 Å². The maximum Gasteiger partial charge on any atom is 0.272 e. The number of fused-ring (bicyclic) bond motifs is 1. The number of hydrogen-bond donors (Lipinski definition) is 1. The zero-order chi connectivity index (χ0) is 14.7. The lowest BCUT2D eigenvalue weighted by molar-refractivity contribution is 0.0945. The van der Waals surface area contributed by atoms with E-state index in [2.05, 4.69) is 20.3 Å². The SMILES string of the molecule is Cc1nc2ccccc2nc1C(=O)NCc1cccnc1. The molecule has 5 nitrogen and oxygen atoms in total. The van der Waals surface area contributed by atoms with Crippen LogP contribution in [0, 0.1) is 6.92 Å². The Labute approximate surface area is 122 Å². The number of aromatic nitrogens is 3. The third-order valence-corrected chi connectivity index (χ3v) is 3.14. The number of carbonyl (C=O) groups excluding carboxylic acids is 1. The van der Waals surface area contributed by atoms with Crippen molar-refractivity contribution >= 4 is 16.9 Å². The van der Waals surface area contributed by atoms with Crippen molar-refractivity contribution in [1.82, 2.24) is 20.3 Å². The van der Waals surface area contributed by atoms with Crippen molar-refractivity contribution in [3.63, 3.8) is 0 Å². The van der Waals surface area contributed by atoms with Gasteiger partial charge in [0, 0.05) is 18.9 Å². The standard InChI is InChI=1S/C16H14N4O/c1-11-15(20-14-7-3-2-6-13(14)19-11)16(21)18-10-12-5-4-8-17-9-12/h2-9H,10H2,1H3,(H,18,21). The lowest BCUT2D eigenvalue weighted by Crippen LogP contribution is -2.25. The Morgan fingerprint density at radius 2 is 1.86 bits per heavy atom. The first-order chi connectivity index (χ1) is 10.2. The van der Waals surface area contributed by atoms with Crippen LogP contribution in [-0.2, 0) is 6.54 Å². The molecule has 21 heavy (non-hydrogen) atoms. The maximum absolute atomic E-state index is 12.2. The van der Waals surface area contributed by atoms with Crippen molar-refractivity contribution in [3.8, 4) is 0 Å². The van der Waals surface area contributed by atoms with Crippen molar-refractivity contribution in [1.29, 1.82) is 0 Å². The first-order valence-corrected chi connectivity index (χ1v) is 6.64. The molecule has 0 aliphatic heterocycles. The van der Waals surface area contributed by atoms with Gasteiger partial charge in [0.05, 0.1) is 16.7 Å². The molecule has 3 rings (SSSR count). The van der Waals surface area contributed by atoms with Gasteiger partial charge in [-0.2, -0.15) is 0 Å². The van der Waals surface area contributed by atoms with Crippen molar-refractivity contribution in [3.05, 3.63) is 65.7 Å². The number of nitrogens with one attached hydrogen (secondary N) is 1. The van der Waals surface area contributed by atoms with Crippen LogP contribution < -0.4 is 5.32 Å². The molecule has 1 N–H and O–H groups in total. The van der Waals surface area contributed by atoms with E-state index in [1.165, 1.54) is 0 Å². The maximum atomic E-state index is 12.2. The second-order valence-corrected chi connectivity index (χ2v) is 4.69. The van der Waals surface area contributed by atoms with Gasteiger partial charge in [-0.3, -0.25) is 9.78 Å². The normalized spacial score (nSPS) is 10.5. The number of benzene rings is 1. The number of rotatable bonds is 3. The first-order valence-electron chi connectivity index (χ1n) is 6.64. The van der Waals surface area contributed by atoms with Crippen molar-refractivity contribution in [2.24, 2.45) is 0 Å². The smallest absolute Gasteiger partial charge is 0.272 e. The average molecular weight is 278 g/mol. The monoisotopic (exact) mass is 278 g/mol. The topological polar surface area (TPSA) is 67.8 Å². The van der Waals surface area contributed by atoms with Gasteiger partial charge >= 0.3 is 0 Å². The van der Waals surface area contributed by atoms with E-state index in [0.717, 1.165) is 16.6 Å². The highest BCUT2D eigenvalue weighted by atomic mass is 16.1. The third kappa shape index (κ3) is 2.86. The van der Waals surface area contributed by atoms with Crippen LogP contribution in [0.3, 0.4) is 0 Å². The van der Waals surface area contributed by atoms with Crippen LogP contribution in [0.15, 0.2) is 48.8 Å². The Balaban J connectivity index is 1.82. The number of carbonyl (C=O) groups is 1. The zero-order valence-corrected chi connectivity index (χ0v) is 11.6. The molecule has 0 saturated carbocycles. The van der Waals surface area contributed by atoms with Crippen LogP contribution in [0.4, 0.5) is 0 Å². The molecule has 0 spiro atoms. The van der Waals surface area contributed by atoms with E-state index in [9.17, 15) is 4.79 Å². The predicted octanol–water partition coefficient (Wildman–Crippen LogP) is 2.26. The molecule has 0 aliphatic rings. The van der Waals surface area contributed by atoms with E-state index in [0.29, 0.717) is 17.9 Å². The molecule has 2 heterocycles. The quantitative estimate of drug-likeness (QED) is 0.798. The van der Waals surface area contributed by atoms with E-state index >= 15 is 0 Å². The van der Waals surface area contributed by atoms with Crippen LogP contribution in [0.5, 0.6) is 0 Å². The van der Waals surface area contributed by atoms with Gasteiger partial charge in [0.1, 0.15) is 5.69 Å². The number of amides is 1. The number of para-hydroxylation sites is 2. The Bertz CT molecular complexity index is 787.